The van der Waals surface area contributed by atoms with E-state index in [0.717, 1.165) is 21.7 Å². The molecule has 0 bridgehead atoms. The fourth-order valence-corrected chi connectivity index (χ4v) is 2.82. The number of thiophene rings is 1. The maximum absolute atomic E-state index is 10.8. The lowest BCUT2D eigenvalue weighted by Crippen LogP contribution is -2.38. The summed E-state index contributed by atoms with van der Waals surface area (Å²) in [5.74, 6) is 5.68. The zero-order valence-electron chi connectivity index (χ0n) is 11.8. The molecule has 0 radical (unpaired) electrons. The van der Waals surface area contributed by atoms with E-state index in [1.807, 2.05) is 18.2 Å². The van der Waals surface area contributed by atoms with Crippen LogP contribution in [0.5, 0.6) is 0 Å². The third kappa shape index (κ3) is 4.46. The van der Waals surface area contributed by atoms with Gasteiger partial charge in [0.25, 0.3) is 0 Å². The molecule has 2 amide bonds. The van der Waals surface area contributed by atoms with Gasteiger partial charge in [0.05, 0.1) is 9.90 Å². The van der Waals surface area contributed by atoms with Crippen LogP contribution in [0.3, 0.4) is 0 Å². The highest BCUT2D eigenvalue weighted by Gasteiger charge is 2.11. The first-order valence-electron chi connectivity index (χ1n) is 6.43. The van der Waals surface area contributed by atoms with E-state index in [1.54, 1.807) is 19.3 Å². The number of rotatable bonds is 3. The summed E-state index contributed by atoms with van der Waals surface area (Å²) in [6.07, 6.45) is 4.09. The highest BCUT2D eigenvalue weighted by atomic mass is 35.5. The van der Waals surface area contributed by atoms with Crippen LogP contribution in [0, 0.1) is 11.8 Å². The van der Waals surface area contributed by atoms with E-state index in [1.165, 1.54) is 11.3 Å². The smallest absolute Gasteiger partial charge is 0.339 e. The second-order valence-electron chi connectivity index (χ2n) is 4.58. The first kappa shape index (κ1) is 16.3. The standard InChI is InChI=1S/C15H14ClN3O2S/c1-10(19(21)15(17)20)2-3-13-4-5-14(22-13)7-11-6-12(16)9-18-8-11/h4-6,8-10,21H,7H2,1H3,(H2,17,20). The number of hydrogen-bond donors (Lipinski definition) is 2. The summed E-state index contributed by atoms with van der Waals surface area (Å²) >= 11 is 7.44. The van der Waals surface area contributed by atoms with Gasteiger partial charge < -0.3 is 5.73 Å². The van der Waals surface area contributed by atoms with Gasteiger partial charge in [-0.25, -0.2) is 4.79 Å². The van der Waals surface area contributed by atoms with Gasteiger partial charge in [0.15, 0.2) is 0 Å². The number of nitrogens with two attached hydrogens (primary N) is 1. The number of hydroxylamine groups is 2. The molecular weight excluding hydrogens is 322 g/mol. The topological polar surface area (TPSA) is 79.4 Å². The second kappa shape index (κ2) is 7.27. The van der Waals surface area contributed by atoms with Crippen molar-refractivity contribution in [1.82, 2.24) is 10.0 Å². The van der Waals surface area contributed by atoms with Crippen LogP contribution in [0.2, 0.25) is 5.02 Å². The average Bonchev–Trinajstić information content (AvgIpc) is 2.91. The van der Waals surface area contributed by atoms with Crippen molar-refractivity contribution in [2.45, 2.75) is 19.4 Å². The van der Waals surface area contributed by atoms with E-state index < -0.39 is 12.1 Å². The number of carbonyl (C=O) groups excluding carboxylic acids is 1. The maximum atomic E-state index is 10.8. The number of carbonyl (C=O) groups is 1. The number of halogens is 1. The molecule has 0 spiro atoms. The van der Waals surface area contributed by atoms with E-state index in [-0.39, 0.29) is 0 Å². The Morgan fingerprint density at radius 2 is 2.32 bits per heavy atom. The number of hydrogen-bond acceptors (Lipinski definition) is 4. The average molecular weight is 336 g/mol. The van der Waals surface area contributed by atoms with Gasteiger partial charge in [0.1, 0.15) is 6.04 Å². The number of primary amides is 1. The van der Waals surface area contributed by atoms with Crippen molar-refractivity contribution in [1.29, 1.82) is 0 Å². The quantitative estimate of drug-likeness (QED) is 0.514. The second-order valence-corrected chi connectivity index (χ2v) is 6.19. The lowest BCUT2D eigenvalue weighted by atomic mass is 10.2. The number of urea groups is 1. The summed E-state index contributed by atoms with van der Waals surface area (Å²) in [6, 6.07) is 4.15. The molecule has 0 saturated heterocycles. The summed E-state index contributed by atoms with van der Waals surface area (Å²) in [4.78, 5) is 16.8. The predicted octanol–water partition coefficient (Wildman–Crippen LogP) is 2.90. The van der Waals surface area contributed by atoms with E-state index >= 15 is 0 Å². The minimum absolute atomic E-state index is 0.402. The molecule has 0 aliphatic heterocycles. The van der Waals surface area contributed by atoms with Gasteiger partial charge in [-0.3, -0.25) is 10.2 Å². The normalized spacial score (nSPS) is 11.4. The van der Waals surface area contributed by atoms with E-state index in [0.29, 0.717) is 10.1 Å². The Labute approximate surface area is 137 Å². The molecule has 0 saturated carbocycles. The van der Waals surface area contributed by atoms with Gasteiger partial charge >= 0.3 is 6.03 Å². The zero-order valence-corrected chi connectivity index (χ0v) is 13.4. The molecule has 22 heavy (non-hydrogen) atoms. The molecule has 2 aromatic rings. The molecule has 0 aliphatic rings. The molecule has 7 heteroatoms. The van der Waals surface area contributed by atoms with Crippen LogP contribution >= 0.6 is 22.9 Å². The first-order valence-corrected chi connectivity index (χ1v) is 7.62. The molecule has 2 rings (SSSR count). The van der Waals surface area contributed by atoms with Gasteiger partial charge in [-0.1, -0.05) is 23.4 Å². The van der Waals surface area contributed by atoms with Crippen molar-refractivity contribution >= 4 is 29.0 Å². The third-order valence-corrected chi connectivity index (χ3v) is 4.01. The summed E-state index contributed by atoms with van der Waals surface area (Å²) in [5, 5.41) is 10.3. The van der Waals surface area contributed by atoms with Crippen LogP contribution in [0.25, 0.3) is 0 Å². The van der Waals surface area contributed by atoms with Gasteiger partial charge in [0.2, 0.25) is 0 Å². The van der Waals surface area contributed by atoms with Gasteiger partial charge in [-0.2, -0.15) is 5.06 Å². The number of aromatic nitrogens is 1. The van der Waals surface area contributed by atoms with E-state index in [4.69, 9.17) is 17.3 Å². The number of nitrogens with zero attached hydrogens (tertiary/aromatic N) is 2. The minimum Gasteiger partial charge on any atom is -0.350 e. The summed E-state index contributed by atoms with van der Waals surface area (Å²) in [7, 11) is 0. The lowest BCUT2D eigenvalue weighted by Gasteiger charge is -2.14. The Hall–Kier alpha value is -2.07. The van der Waals surface area contributed by atoms with Crippen molar-refractivity contribution < 1.29 is 10.0 Å². The predicted molar refractivity (Wildman–Crippen MR) is 85.9 cm³/mol. The molecular formula is C15H14ClN3O2S. The maximum Gasteiger partial charge on any atom is 0.339 e. The van der Waals surface area contributed by atoms with Crippen molar-refractivity contribution in [2.24, 2.45) is 5.73 Å². The molecule has 2 aromatic heterocycles. The molecule has 3 N–H and O–H groups in total. The summed E-state index contributed by atoms with van der Waals surface area (Å²) in [6.45, 7) is 1.59. The molecule has 0 aromatic carbocycles. The summed E-state index contributed by atoms with van der Waals surface area (Å²) < 4.78 is 0. The van der Waals surface area contributed by atoms with Gasteiger partial charge in [-0.15, -0.1) is 11.3 Å². The molecule has 2 heterocycles. The van der Waals surface area contributed by atoms with Crippen LogP contribution in [-0.2, 0) is 6.42 Å². The number of pyridine rings is 1. The van der Waals surface area contributed by atoms with E-state index in [9.17, 15) is 10.0 Å². The Kier molecular flexibility index (Phi) is 5.39. The number of amides is 2. The van der Waals surface area contributed by atoms with Crippen molar-refractivity contribution in [2.75, 3.05) is 0 Å². The fraction of sp³-hybridized carbons (Fsp3) is 0.200. The van der Waals surface area contributed by atoms with Crippen LogP contribution in [-0.4, -0.2) is 27.3 Å². The van der Waals surface area contributed by atoms with Crippen molar-refractivity contribution in [3.05, 3.63) is 50.9 Å². The fourth-order valence-electron chi connectivity index (χ4n) is 1.72. The van der Waals surface area contributed by atoms with Crippen LogP contribution in [0.1, 0.15) is 22.2 Å². The Bertz CT molecular complexity index is 736. The molecule has 1 atom stereocenters. The SMILES string of the molecule is CC(C#Cc1ccc(Cc2cncc(Cl)c2)s1)N(O)C(N)=O. The zero-order chi connectivity index (χ0) is 16.1. The van der Waals surface area contributed by atoms with E-state index in [2.05, 4.69) is 16.8 Å². The van der Waals surface area contributed by atoms with Crippen LogP contribution < -0.4 is 5.73 Å². The van der Waals surface area contributed by atoms with Crippen molar-refractivity contribution in [3.63, 3.8) is 0 Å². The highest BCUT2D eigenvalue weighted by molar-refractivity contribution is 7.12. The molecule has 0 aliphatic carbocycles. The van der Waals surface area contributed by atoms with Gasteiger partial charge in [-0.05, 0) is 30.7 Å². The first-order chi connectivity index (χ1) is 10.5. The Morgan fingerprint density at radius 3 is 3.00 bits per heavy atom. The Balaban J connectivity index is 2.05. The highest BCUT2D eigenvalue weighted by Crippen LogP contribution is 2.20. The molecule has 0 fully saturated rings. The van der Waals surface area contributed by atoms with Gasteiger partial charge in [0, 0.05) is 23.7 Å². The summed E-state index contributed by atoms with van der Waals surface area (Å²) in [5.41, 5.74) is 5.99. The molecule has 1 unspecified atom stereocenters. The monoisotopic (exact) mass is 335 g/mol. The largest absolute Gasteiger partial charge is 0.350 e. The van der Waals surface area contributed by atoms with Crippen molar-refractivity contribution in [3.8, 4) is 11.8 Å². The molecule has 114 valence electrons. The van der Waals surface area contributed by atoms with Crippen LogP contribution in [0.15, 0.2) is 30.6 Å². The van der Waals surface area contributed by atoms with Crippen LogP contribution in [0.4, 0.5) is 4.79 Å². The lowest BCUT2D eigenvalue weighted by molar-refractivity contribution is -0.0536. The molecule has 5 nitrogen and oxygen atoms in total. The minimum atomic E-state index is -0.929. The third-order valence-electron chi connectivity index (χ3n) is 2.80. The Morgan fingerprint density at radius 1 is 1.55 bits per heavy atom.